The number of aromatic nitrogens is 2. The fourth-order valence-corrected chi connectivity index (χ4v) is 17.0. The molecule has 0 spiro atoms. The summed E-state index contributed by atoms with van der Waals surface area (Å²) in [5, 5.41) is 7.66. The second-order valence-electron chi connectivity index (χ2n) is 26.6. The lowest BCUT2D eigenvalue weighted by molar-refractivity contribution is 0.483. The molecule has 410 valence electrons. The number of anilines is 4. The topological polar surface area (TPSA) is 33.5 Å². The Hall–Kier alpha value is -8.45. The van der Waals surface area contributed by atoms with E-state index in [1.807, 2.05) is 6.20 Å². The molecule has 11 aromatic rings. The van der Waals surface area contributed by atoms with E-state index in [9.17, 15) is 0 Å². The molecule has 0 radical (unpaired) electrons. The predicted octanol–water partition coefficient (Wildman–Crippen LogP) is 17.5. The molecular formula is C76H76N4OSi. The Balaban J connectivity index is 0.990. The van der Waals surface area contributed by atoms with Crippen molar-refractivity contribution in [1.29, 1.82) is 0 Å². The molecule has 82 heavy (non-hydrogen) atoms. The fraction of sp³-hybridized carbons (Fsp3) is 0.224. The molecule has 3 heterocycles. The van der Waals surface area contributed by atoms with Crippen molar-refractivity contribution < 1.29 is 4.74 Å². The second-order valence-corrected chi connectivity index (χ2v) is 30.4. The molecule has 2 aromatic heterocycles. The van der Waals surface area contributed by atoms with Gasteiger partial charge in [-0.05, 0) is 131 Å². The van der Waals surface area contributed by atoms with Crippen molar-refractivity contribution >= 4 is 73.4 Å². The summed E-state index contributed by atoms with van der Waals surface area (Å²) in [4.78, 5) is 10.1. The number of fused-ring (bicyclic) bond motifs is 4. The predicted molar refractivity (Wildman–Crippen MR) is 351 cm³/mol. The van der Waals surface area contributed by atoms with Gasteiger partial charge in [0.25, 0.3) is 0 Å². The molecule has 6 heteroatoms. The summed E-state index contributed by atoms with van der Waals surface area (Å²) >= 11 is 0. The smallest absolute Gasteiger partial charge is 0.179 e. The molecule has 0 fully saturated rings. The number of hydrogen-bond acceptors (Lipinski definition) is 4. The van der Waals surface area contributed by atoms with Gasteiger partial charge in [0, 0.05) is 46.0 Å². The van der Waals surface area contributed by atoms with E-state index >= 15 is 0 Å². The lowest BCUT2D eigenvalue weighted by atomic mass is 9.80. The molecule has 1 aliphatic rings. The van der Waals surface area contributed by atoms with Gasteiger partial charge in [0.15, 0.2) is 8.07 Å². The molecule has 0 bridgehead atoms. The van der Waals surface area contributed by atoms with E-state index in [0.29, 0.717) is 6.67 Å². The van der Waals surface area contributed by atoms with E-state index in [1.165, 1.54) is 70.9 Å². The molecule has 0 unspecified atom stereocenters. The van der Waals surface area contributed by atoms with Crippen LogP contribution in [-0.2, 0) is 21.7 Å². The van der Waals surface area contributed by atoms with Gasteiger partial charge in [-0.1, -0.05) is 235 Å². The minimum Gasteiger partial charge on any atom is -0.457 e. The molecule has 0 amide bonds. The molecule has 0 aliphatic carbocycles. The van der Waals surface area contributed by atoms with Crippen LogP contribution < -0.4 is 35.3 Å². The van der Waals surface area contributed by atoms with Crippen LogP contribution >= 0.6 is 0 Å². The Labute approximate surface area is 487 Å². The molecule has 9 aromatic carbocycles. The third-order valence-electron chi connectivity index (χ3n) is 16.9. The summed E-state index contributed by atoms with van der Waals surface area (Å²) in [6.07, 6.45) is 1.96. The van der Waals surface area contributed by atoms with Crippen LogP contribution in [0.4, 0.5) is 22.7 Å². The minimum absolute atomic E-state index is 0.0416. The maximum atomic E-state index is 7.07. The van der Waals surface area contributed by atoms with E-state index in [0.717, 1.165) is 45.1 Å². The molecule has 5 nitrogen and oxygen atoms in total. The summed E-state index contributed by atoms with van der Waals surface area (Å²) in [7, 11) is -2.84. The highest BCUT2D eigenvalue weighted by molar-refractivity contribution is 7.20. The fourth-order valence-electron chi connectivity index (χ4n) is 12.2. The SMILES string of the molecule is CC(C)(C)c1ccc(-c2cccc3c2N(c2cc(C(C)(C)C)cc(C(C)(C)C)c2)CN3c2cccc(Oc3ccc4c5cc([Si](c6ccccc6)(c6ccccc6)c6ccccc6)ccc5n(-c5cc(C(C)(C)C)ccn5)c4c3)c2)cc1. The van der Waals surface area contributed by atoms with E-state index in [2.05, 4.69) is 322 Å². The Morgan fingerprint density at radius 2 is 0.963 bits per heavy atom. The van der Waals surface area contributed by atoms with E-state index in [4.69, 9.17) is 9.72 Å². The number of ether oxygens (including phenoxy) is 1. The van der Waals surface area contributed by atoms with E-state index in [1.54, 1.807) is 0 Å². The molecule has 0 atom stereocenters. The zero-order chi connectivity index (χ0) is 57.3. The normalized spacial score (nSPS) is 13.3. The lowest BCUT2D eigenvalue weighted by Crippen LogP contribution is -2.74. The summed E-state index contributed by atoms with van der Waals surface area (Å²) in [6.45, 7) is 28.2. The maximum Gasteiger partial charge on any atom is 0.179 e. The van der Waals surface area contributed by atoms with Crippen molar-refractivity contribution in [1.82, 2.24) is 9.55 Å². The molecular weight excluding hydrogens is 1010 g/mol. The Morgan fingerprint density at radius 3 is 1.55 bits per heavy atom. The van der Waals surface area contributed by atoms with Crippen molar-refractivity contribution in [3.63, 3.8) is 0 Å². The number of pyridine rings is 1. The van der Waals surface area contributed by atoms with E-state index < -0.39 is 8.07 Å². The quantitative estimate of drug-likeness (QED) is 0.101. The first-order chi connectivity index (χ1) is 39.2. The zero-order valence-electron chi connectivity index (χ0n) is 49.8. The minimum atomic E-state index is -2.84. The number of rotatable bonds is 10. The van der Waals surface area contributed by atoms with Gasteiger partial charge in [0.1, 0.15) is 24.0 Å². The van der Waals surface area contributed by atoms with Crippen molar-refractivity contribution in [2.75, 3.05) is 16.5 Å². The maximum absolute atomic E-state index is 7.07. The second kappa shape index (κ2) is 20.5. The van der Waals surface area contributed by atoms with Gasteiger partial charge in [-0.2, -0.15) is 0 Å². The first-order valence-electron chi connectivity index (χ1n) is 29.1. The highest BCUT2D eigenvalue weighted by Gasteiger charge is 2.42. The molecule has 0 N–H and O–H groups in total. The Bertz CT molecular complexity index is 4010. The molecule has 1 aliphatic heterocycles. The van der Waals surface area contributed by atoms with Crippen LogP contribution in [0.3, 0.4) is 0 Å². The average molecular weight is 1090 g/mol. The van der Waals surface area contributed by atoms with Crippen LogP contribution in [0, 0.1) is 0 Å². The summed E-state index contributed by atoms with van der Waals surface area (Å²) < 4.78 is 9.41. The third kappa shape index (κ3) is 9.91. The van der Waals surface area contributed by atoms with Gasteiger partial charge in [-0.25, -0.2) is 4.98 Å². The first kappa shape index (κ1) is 54.2. The standard InChI is InChI=1S/C76H76N4OSi/c1-73(2,3)53-36-34-52(35-37-53)65-32-23-33-69-72(65)79(58-45-55(75(7,8)9)44-56(46-58)76(10,11)12)51-78(69)57-24-22-25-59(48-57)81-60-38-40-66-67-50-64(39-41-68(67)80(70(66)49-60)71-47-54(42-43-77-71)74(4,5)6)82(61-26-16-13-17-27-61,62-28-18-14-19-29-62)63-30-20-15-21-31-63/h13-50H,51H2,1-12H3. The number of hydrogen-bond donors (Lipinski definition) is 0. The average Bonchev–Trinajstić information content (AvgIpc) is 2.62. The van der Waals surface area contributed by atoms with Gasteiger partial charge in [0.05, 0.1) is 22.4 Å². The summed E-state index contributed by atoms with van der Waals surface area (Å²) in [6, 6.07) is 83.6. The highest BCUT2D eigenvalue weighted by Crippen LogP contribution is 2.51. The first-order valence-corrected chi connectivity index (χ1v) is 31.1. The van der Waals surface area contributed by atoms with Crippen molar-refractivity contribution in [2.24, 2.45) is 0 Å². The highest BCUT2D eigenvalue weighted by atomic mass is 28.3. The third-order valence-corrected chi connectivity index (χ3v) is 21.7. The van der Waals surface area contributed by atoms with Crippen LogP contribution in [0.25, 0.3) is 38.8 Å². The van der Waals surface area contributed by atoms with Crippen LogP contribution in [-0.4, -0.2) is 24.3 Å². The van der Waals surface area contributed by atoms with Gasteiger partial charge < -0.3 is 14.5 Å². The van der Waals surface area contributed by atoms with Gasteiger partial charge in [-0.3, -0.25) is 4.57 Å². The van der Waals surface area contributed by atoms with Gasteiger partial charge >= 0.3 is 0 Å². The Kier molecular flexibility index (Phi) is 13.5. The summed E-state index contributed by atoms with van der Waals surface area (Å²) in [5.74, 6) is 2.39. The molecule has 0 saturated heterocycles. The van der Waals surface area contributed by atoms with Crippen molar-refractivity contribution in [3.05, 3.63) is 253 Å². The zero-order valence-corrected chi connectivity index (χ0v) is 50.8. The Morgan fingerprint density at radius 1 is 0.390 bits per heavy atom. The monoisotopic (exact) mass is 1090 g/mol. The van der Waals surface area contributed by atoms with E-state index in [-0.39, 0.29) is 21.7 Å². The van der Waals surface area contributed by atoms with Crippen molar-refractivity contribution in [2.45, 2.75) is 105 Å². The molecule has 12 rings (SSSR count). The van der Waals surface area contributed by atoms with Crippen molar-refractivity contribution in [3.8, 4) is 28.4 Å². The molecule has 0 saturated carbocycles. The largest absolute Gasteiger partial charge is 0.457 e. The van der Waals surface area contributed by atoms with Crippen LogP contribution in [0.15, 0.2) is 231 Å². The van der Waals surface area contributed by atoms with Crippen LogP contribution in [0.1, 0.15) is 105 Å². The van der Waals surface area contributed by atoms with Crippen LogP contribution in [0.5, 0.6) is 11.5 Å². The number of para-hydroxylation sites is 1. The van der Waals surface area contributed by atoms with Crippen LogP contribution in [0.2, 0.25) is 0 Å². The number of benzene rings is 9. The van der Waals surface area contributed by atoms with Gasteiger partial charge in [0.2, 0.25) is 0 Å². The number of nitrogens with zero attached hydrogens (tertiary/aromatic N) is 4. The van der Waals surface area contributed by atoms with Gasteiger partial charge in [-0.15, -0.1) is 0 Å². The lowest BCUT2D eigenvalue weighted by Gasteiger charge is -2.34. The summed E-state index contributed by atoms with van der Waals surface area (Å²) in [5.41, 5.74) is 14.2.